The fourth-order valence-corrected chi connectivity index (χ4v) is 5.31. The number of carboxylic acids is 1. The molecule has 0 spiro atoms. The normalized spacial score (nSPS) is 14.3. The smallest absolute Gasteiger partial charge is 0.413 e. The van der Waals surface area contributed by atoms with Crippen LogP contribution in [0.25, 0.3) is 11.1 Å². The van der Waals surface area contributed by atoms with Gasteiger partial charge in [-0.1, -0.05) is 59.9 Å². The molecule has 8 nitrogen and oxygen atoms in total. The summed E-state index contributed by atoms with van der Waals surface area (Å²) >= 11 is 1.02. The maximum atomic E-state index is 12.9. The number of carboxylic acid groups (broad SMARTS) is 1. The summed E-state index contributed by atoms with van der Waals surface area (Å²) in [6.07, 6.45) is 0.933. The summed E-state index contributed by atoms with van der Waals surface area (Å²) in [6, 6.07) is 16.1. The molecule has 0 radical (unpaired) electrons. The van der Waals surface area contributed by atoms with Gasteiger partial charge in [0.05, 0.1) is 5.69 Å². The van der Waals surface area contributed by atoms with Gasteiger partial charge in [0.2, 0.25) is 0 Å². The number of aromatic nitrogens is 1. The molecule has 174 valence electrons. The lowest BCUT2D eigenvalue weighted by Gasteiger charge is -2.19. The number of rotatable bonds is 7. The Hall–Kier alpha value is -3.72. The molecular formula is C25H23N3O5S. The number of nitrogens with one attached hydrogen (secondary N) is 1. The van der Waals surface area contributed by atoms with Gasteiger partial charge < -0.3 is 14.7 Å². The molecule has 2 amide bonds. The highest BCUT2D eigenvalue weighted by atomic mass is 32.1. The number of hydrogen-bond acceptors (Lipinski definition) is 6. The summed E-state index contributed by atoms with van der Waals surface area (Å²) in [5.41, 5.74) is 4.97. The lowest BCUT2D eigenvalue weighted by Crippen LogP contribution is -2.37. The standard InChI is InChI=1S/C25H23N3O5S/c1-14-22(23(31)28(12-21(29)30)15-10-11-15)34-24(26-14)27-25(32)33-13-20-18-8-4-2-6-16(18)17-7-3-5-9-19(17)20/h2-9,15,20H,10-13H2,1H3,(H,29,30)(H,26,27,32). The first kappa shape index (κ1) is 22.1. The van der Waals surface area contributed by atoms with Crippen LogP contribution in [0.2, 0.25) is 0 Å². The second-order valence-electron chi connectivity index (χ2n) is 8.44. The average molecular weight is 478 g/mol. The molecule has 34 heavy (non-hydrogen) atoms. The maximum Gasteiger partial charge on any atom is 0.413 e. The first-order valence-electron chi connectivity index (χ1n) is 11.0. The predicted molar refractivity (Wildman–Crippen MR) is 127 cm³/mol. The molecule has 2 aliphatic carbocycles. The predicted octanol–water partition coefficient (Wildman–Crippen LogP) is 4.50. The minimum atomic E-state index is -1.06. The van der Waals surface area contributed by atoms with Crippen molar-refractivity contribution in [3.63, 3.8) is 0 Å². The quantitative estimate of drug-likeness (QED) is 0.519. The zero-order chi connectivity index (χ0) is 23.8. The molecule has 2 aromatic carbocycles. The maximum absolute atomic E-state index is 12.9. The van der Waals surface area contributed by atoms with Gasteiger partial charge in [0.15, 0.2) is 5.13 Å². The van der Waals surface area contributed by atoms with Crippen molar-refractivity contribution in [1.29, 1.82) is 0 Å². The monoisotopic (exact) mass is 477 g/mol. The van der Waals surface area contributed by atoms with Gasteiger partial charge >= 0.3 is 12.1 Å². The van der Waals surface area contributed by atoms with Crippen molar-refractivity contribution < 1.29 is 24.2 Å². The third-order valence-electron chi connectivity index (χ3n) is 6.10. The van der Waals surface area contributed by atoms with Crippen LogP contribution in [0.5, 0.6) is 0 Å². The number of aliphatic carboxylic acids is 1. The Morgan fingerprint density at radius 3 is 2.29 bits per heavy atom. The van der Waals surface area contributed by atoms with Crippen molar-refractivity contribution in [2.45, 2.75) is 31.7 Å². The third kappa shape index (κ3) is 4.26. The second-order valence-corrected chi connectivity index (χ2v) is 9.44. The van der Waals surface area contributed by atoms with Crippen LogP contribution in [-0.4, -0.2) is 52.2 Å². The molecule has 0 bridgehead atoms. The zero-order valence-electron chi connectivity index (χ0n) is 18.5. The van der Waals surface area contributed by atoms with Gasteiger partial charge in [-0.25, -0.2) is 9.78 Å². The number of nitrogens with zero attached hydrogens (tertiary/aromatic N) is 2. The first-order valence-corrected chi connectivity index (χ1v) is 11.9. The number of benzene rings is 2. The molecule has 0 aliphatic heterocycles. The first-order chi connectivity index (χ1) is 16.4. The number of carbonyl (C=O) groups excluding carboxylic acids is 2. The zero-order valence-corrected chi connectivity index (χ0v) is 19.3. The van der Waals surface area contributed by atoms with E-state index in [1.807, 2.05) is 36.4 Å². The Morgan fingerprint density at radius 1 is 1.09 bits per heavy atom. The lowest BCUT2D eigenvalue weighted by atomic mass is 9.98. The van der Waals surface area contributed by atoms with Crippen molar-refractivity contribution in [3.05, 3.63) is 70.2 Å². The number of amides is 2. The molecule has 0 saturated heterocycles. The SMILES string of the molecule is Cc1nc(NC(=O)OCC2c3ccccc3-c3ccccc32)sc1C(=O)N(CC(=O)O)C1CC1. The fourth-order valence-electron chi connectivity index (χ4n) is 4.40. The molecule has 1 fully saturated rings. The van der Waals surface area contributed by atoms with Gasteiger partial charge in [-0.3, -0.25) is 14.9 Å². The molecule has 5 rings (SSSR count). The molecular weight excluding hydrogens is 454 g/mol. The van der Waals surface area contributed by atoms with Gasteiger partial charge in [0, 0.05) is 12.0 Å². The van der Waals surface area contributed by atoms with Crippen LogP contribution in [0, 0.1) is 6.92 Å². The minimum absolute atomic E-state index is 0.0522. The van der Waals surface area contributed by atoms with Crippen molar-refractivity contribution >= 4 is 34.4 Å². The van der Waals surface area contributed by atoms with Crippen LogP contribution >= 0.6 is 11.3 Å². The molecule has 0 atom stereocenters. The summed E-state index contributed by atoms with van der Waals surface area (Å²) in [5.74, 6) is -1.49. The largest absolute Gasteiger partial charge is 0.480 e. The summed E-state index contributed by atoms with van der Waals surface area (Å²) in [4.78, 5) is 42.6. The van der Waals surface area contributed by atoms with Crippen molar-refractivity contribution in [1.82, 2.24) is 9.88 Å². The van der Waals surface area contributed by atoms with E-state index in [0.717, 1.165) is 46.4 Å². The van der Waals surface area contributed by atoms with E-state index >= 15 is 0 Å². The van der Waals surface area contributed by atoms with Gasteiger partial charge in [0.1, 0.15) is 18.0 Å². The highest BCUT2D eigenvalue weighted by Crippen LogP contribution is 2.44. The molecule has 1 saturated carbocycles. The highest BCUT2D eigenvalue weighted by molar-refractivity contribution is 7.17. The van der Waals surface area contributed by atoms with E-state index in [0.29, 0.717) is 10.6 Å². The van der Waals surface area contributed by atoms with E-state index in [2.05, 4.69) is 22.4 Å². The van der Waals surface area contributed by atoms with Crippen molar-refractivity contribution in [2.75, 3.05) is 18.5 Å². The molecule has 2 aliphatic rings. The van der Waals surface area contributed by atoms with Gasteiger partial charge in [-0.05, 0) is 42.0 Å². The topological polar surface area (TPSA) is 109 Å². The number of fused-ring (bicyclic) bond motifs is 3. The molecule has 2 N–H and O–H groups in total. The molecule has 9 heteroatoms. The van der Waals surface area contributed by atoms with Crippen LogP contribution in [0.4, 0.5) is 9.93 Å². The van der Waals surface area contributed by atoms with Gasteiger partial charge in [-0.2, -0.15) is 0 Å². The van der Waals surface area contributed by atoms with Crippen molar-refractivity contribution in [2.24, 2.45) is 0 Å². The number of hydrogen-bond donors (Lipinski definition) is 2. The number of aryl methyl sites for hydroxylation is 1. The number of anilines is 1. The van der Waals surface area contributed by atoms with Crippen molar-refractivity contribution in [3.8, 4) is 11.1 Å². The molecule has 0 unspecified atom stereocenters. The van der Waals surface area contributed by atoms with Gasteiger partial charge in [-0.15, -0.1) is 0 Å². The van der Waals surface area contributed by atoms with Crippen LogP contribution in [0.15, 0.2) is 48.5 Å². The Labute approximate surface area is 200 Å². The van der Waals surface area contributed by atoms with E-state index in [1.54, 1.807) is 6.92 Å². The third-order valence-corrected chi connectivity index (χ3v) is 7.16. The fraction of sp³-hybridized carbons (Fsp3) is 0.280. The highest BCUT2D eigenvalue weighted by Gasteiger charge is 2.36. The van der Waals surface area contributed by atoms with E-state index < -0.39 is 12.1 Å². The van der Waals surface area contributed by atoms with Crippen LogP contribution < -0.4 is 5.32 Å². The Balaban J connectivity index is 1.26. The van der Waals surface area contributed by atoms with E-state index in [1.165, 1.54) is 4.90 Å². The van der Waals surface area contributed by atoms with Gasteiger partial charge in [0.25, 0.3) is 5.91 Å². The number of ether oxygens (including phenoxy) is 1. The van der Waals surface area contributed by atoms with Crippen LogP contribution in [0.1, 0.15) is 45.3 Å². The lowest BCUT2D eigenvalue weighted by molar-refractivity contribution is -0.137. The summed E-state index contributed by atoms with van der Waals surface area (Å²) in [5, 5.41) is 12.0. The van der Waals surface area contributed by atoms with E-state index in [9.17, 15) is 14.4 Å². The minimum Gasteiger partial charge on any atom is -0.480 e. The number of thiazole rings is 1. The summed E-state index contributed by atoms with van der Waals surface area (Å²) < 4.78 is 5.55. The number of carbonyl (C=O) groups is 3. The molecule has 1 aromatic heterocycles. The van der Waals surface area contributed by atoms with Crippen LogP contribution in [0.3, 0.4) is 0 Å². The summed E-state index contributed by atoms with van der Waals surface area (Å²) in [7, 11) is 0. The Bertz CT molecular complexity index is 1240. The van der Waals surface area contributed by atoms with E-state index in [4.69, 9.17) is 9.84 Å². The Morgan fingerprint density at radius 2 is 1.71 bits per heavy atom. The van der Waals surface area contributed by atoms with E-state index in [-0.39, 0.29) is 36.2 Å². The van der Waals surface area contributed by atoms with Crippen LogP contribution in [-0.2, 0) is 9.53 Å². The molecule has 1 heterocycles. The summed E-state index contributed by atoms with van der Waals surface area (Å²) in [6.45, 7) is 1.48. The molecule has 3 aromatic rings. The average Bonchev–Trinajstić information content (AvgIpc) is 3.53. The second kappa shape index (κ2) is 8.90. The Kier molecular flexibility index (Phi) is 5.79.